The van der Waals surface area contributed by atoms with Crippen molar-refractivity contribution in [1.82, 2.24) is 10.9 Å². The van der Waals surface area contributed by atoms with Crippen molar-refractivity contribution in [2.45, 2.75) is 0 Å². The largest absolute Gasteiger partial charge is 0.545 e. The maximum absolute atomic E-state index is 11.6. The lowest BCUT2D eigenvalue weighted by atomic mass is 10.2. The highest BCUT2D eigenvalue weighted by atomic mass is 16.6. The van der Waals surface area contributed by atoms with Gasteiger partial charge in [0.25, 0.3) is 17.5 Å². The zero-order valence-corrected chi connectivity index (χ0v) is 9.86. The monoisotopic (exact) mass is 278 g/mol. The molecule has 9 heteroatoms. The highest BCUT2D eigenvalue weighted by Gasteiger charge is 2.11. The molecule has 0 fully saturated rings. The number of aliphatic carboxylic acids is 1. The predicted molar refractivity (Wildman–Crippen MR) is 62.9 cm³/mol. The quantitative estimate of drug-likeness (QED) is 0.396. The number of amides is 2. The van der Waals surface area contributed by atoms with Gasteiger partial charge in [0.15, 0.2) is 0 Å². The first-order chi connectivity index (χ1) is 9.40. The first-order valence-corrected chi connectivity index (χ1v) is 5.14. The molecule has 1 aromatic rings. The van der Waals surface area contributed by atoms with Crippen molar-refractivity contribution in [2.75, 3.05) is 0 Å². The number of carboxylic acids is 1. The number of nitrogens with one attached hydrogen (secondary N) is 2. The van der Waals surface area contributed by atoms with Gasteiger partial charge in [-0.3, -0.25) is 30.6 Å². The lowest BCUT2D eigenvalue weighted by molar-refractivity contribution is -0.384. The van der Waals surface area contributed by atoms with Crippen LogP contribution in [-0.4, -0.2) is 22.7 Å². The molecule has 2 amide bonds. The molecule has 20 heavy (non-hydrogen) atoms. The van der Waals surface area contributed by atoms with E-state index in [2.05, 4.69) is 0 Å². The van der Waals surface area contributed by atoms with Gasteiger partial charge in [0.05, 0.1) is 10.9 Å². The second-order valence-corrected chi connectivity index (χ2v) is 3.40. The van der Waals surface area contributed by atoms with E-state index in [9.17, 15) is 29.6 Å². The van der Waals surface area contributed by atoms with Crippen LogP contribution < -0.4 is 16.0 Å². The number of hydrogen-bond donors (Lipinski definition) is 2. The van der Waals surface area contributed by atoms with Gasteiger partial charge in [-0.2, -0.15) is 0 Å². The predicted octanol–water partition coefficient (Wildman–Crippen LogP) is -1.34. The van der Waals surface area contributed by atoms with E-state index >= 15 is 0 Å². The second kappa shape index (κ2) is 6.64. The van der Waals surface area contributed by atoms with E-state index in [4.69, 9.17) is 0 Å². The van der Waals surface area contributed by atoms with Gasteiger partial charge in [-0.05, 0) is 12.1 Å². The summed E-state index contributed by atoms with van der Waals surface area (Å²) in [6.45, 7) is 0. The van der Waals surface area contributed by atoms with Gasteiger partial charge in [0.1, 0.15) is 0 Å². The molecule has 0 spiro atoms. The topological polar surface area (TPSA) is 141 Å². The van der Waals surface area contributed by atoms with E-state index in [1.54, 1.807) is 0 Å². The number of non-ortho nitro benzene ring substituents is 1. The number of carbonyl (C=O) groups excluding carboxylic acids is 3. The third kappa shape index (κ3) is 4.56. The zero-order valence-electron chi connectivity index (χ0n) is 9.86. The number of rotatable bonds is 4. The molecule has 0 heterocycles. The van der Waals surface area contributed by atoms with Crippen LogP contribution >= 0.6 is 0 Å². The van der Waals surface area contributed by atoms with E-state index in [-0.39, 0.29) is 11.3 Å². The first kappa shape index (κ1) is 14.8. The molecule has 1 aromatic carbocycles. The van der Waals surface area contributed by atoms with Crippen LogP contribution in [0.3, 0.4) is 0 Å². The summed E-state index contributed by atoms with van der Waals surface area (Å²) in [5.41, 5.74) is 3.55. The van der Waals surface area contributed by atoms with Gasteiger partial charge >= 0.3 is 0 Å². The number of nitro groups is 1. The highest BCUT2D eigenvalue weighted by Crippen LogP contribution is 2.12. The van der Waals surface area contributed by atoms with Crippen LogP contribution in [0.15, 0.2) is 36.4 Å². The Kier molecular flexibility index (Phi) is 4.92. The molecular weight excluding hydrogens is 270 g/mol. The molecule has 0 aromatic heterocycles. The molecule has 104 valence electrons. The Bertz CT molecular complexity index is 596. The first-order valence-electron chi connectivity index (χ1n) is 5.14. The Morgan fingerprint density at radius 2 is 1.85 bits per heavy atom. The average molecular weight is 278 g/mol. The summed E-state index contributed by atoms with van der Waals surface area (Å²) in [6.07, 6.45) is 1.12. The smallest absolute Gasteiger partial charge is 0.270 e. The van der Waals surface area contributed by atoms with Crippen molar-refractivity contribution in [3.05, 3.63) is 52.1 Å². The molecule has 0 saturated carbocycles. The number of benzene rings is 1. The van der Waals surface area contributed by atoms with Gasteiger partial charge in [0, 0.05) is 23.8 Å². The molecule has 0 saturated heterocycles. The second-order valence-electron chi connectivity index (χ2n) is 3.40. The number of nitro benzene ring substituents is 1. The fraction of sp³-hybridized carbons (Fsp3) is 0. The fourth-order valence-electron chi connectivity index (χ4n) is 1.14. The van der Waals surface area contributed by atoms with Gasteiger partial charge < -0.3 is 9.90 Å². The van der Waals surface area contributed by atoms with Crippen molar-refractivity contribution >= 4 is 23.5 Å². The molecule has 0 unspecified atom stereocenters. The molecule has 1 rings (SSSR count). The molecular formula is C11H8N3O6-. The standard InChI is InChI=1S/C11H9N3O6/c15-9(4-5-10(16)17)12-13-11(18)7-2-1-3-8(6-7)14(19)20/h1-6H,(H,12,15)(H,13,18)(H,16,17)/p-1/b5-4+. The number of nitrogens with zero attached hydrogens (tertiary/aromatic N) is 1. The van der Waals surface area contributed by atoms with E-state index < -0.39 is 22.7 Å². The third-order valence-corrected chi connectivity index (χ3v) is 1.99. The van der Waals surface area contributed by atoms with E-state index in [1.807, 2.05) is 10.9 Å². The van der Waals surface area contributed by atoms with Crippen molar-refractivity contribution in [3.8, 4) is 0 Å². The third-order valence-electron chi connectivity index (χ3n) is 1.99. The summed E-state index contributed by atoms with van der Waals surface area (Å²) in [5.74, 6) is -3.25. The molecule has 0 atom stereocenters. The number of hydrazine groups is 1. The number of hydrogen-bond acceptors (Lipinski definition) is 6. The van der Waals surface area contributed by atoms with Crippen LogP contribution in [-0.2, 0) is 9.59 Å². The molecule has 0 bridgehead atoms. The molecule has 0 aliphatic heterocycles. The van der Waals surface area contributed by atoms with E-state index in [0.29, 0.717) is 12.2 Å². The van der Waals surface area contributed by atoms with Gasteiger partial charge in [-0.1, -0.05) is 6.07 Å². The summed E-state index contributed by atoms with van der Waals surface area (Å²) in [4.78, 5) is 42.5. The molecule has 0 radical (unpaired) electrons. The normalized spacial score (nSPS) is 10.0. The van der Waals surface area contributed by atoms with Crippen LogP contribution in [0.2, 0.25) is 0 Å². The molecule has 0 aliphatic carbocycles. The Hall–Kier alpha value is -3.23. The van der Waals surface area contributed by atoms with Crippen molar-refractivity contribution in [3.63, 3.8) is 0 Å². The van der Waals surface area contributed by atoms with Crippen molar-refractivity contribution in [1.29, 1.82) is 0 Å². The average Bonchev–Trinajstić information content (AvgIpc) is 2.42. The number of carbonyl (C=O) groups is 3. The van der Waals surface area contributed by atoms with Crippen LogP contribution in [0.4, 0.5) is 5.69 Å². The molecule has 2 N–H and O–H groups in total. The van der Waals surface area contributed by atoms with Crippen LogP contribution in [0.25, 0.3) is 0 Å². The Balaban J connectivity index is 2.63. The van der Waals surface area contributed by atoms with E-state index in [0.717, 1.165) is 6.07 Å². The Morgan fingerprint density at radius 3 is 2.45 bits per heavy atom. The van der Waals surface area contributed by atoms with Crippen molar-refractivity contribution < 1.29 is 24.4 Å². The highest BCUT2D eigenvalue weighted by molar-refractivity contribution is 5.98. The van der Waals surface area contributed by atoms with Gasteiger partial charge in [-0.15, -0.1) is 0 Å². The van der Waals surface area contributed by atoms with Crippen LogP contribution in [0, 0.1) is 10.1 Å². The molecule has 9 nitrogen and oxygen atoms in total. The molecule has 0 aliphatic rings. The van der Waals surface area contributed by atoms with Gasteiger partial charge in [0.2, 0.25) is 0 Å². The minimum absolute atomic E-state index is 0.0385. The van der Waals surface area contributed by atoms with Gasteiger partial charge in [-0.25, -0.2) is 0 Å². The maximum Gasteiger partial charge on any atom is 0.270 e. The minimum Gasteiger partial charge on any atom is -0.545 e. The van der Waals surface area contributed by atoms with Crippen molar-refractivity contribution in [2.24, 2.45) is 0 Å². The van der Waals surface area contributed by atoms with Crippen LogP contribution in [0.1, 0.15) is 10.4 Å². The summed E-state index contributed by atoms with van der Waals surface area (Å²) < 4.78 is 0. The Labute approximate surface area is 112 Å². The summed E-state index contributed by atoms with van der Waals surface area (Å²) in [7, 11) is 0. The Morgan fingerprint density at radius 1 is 1.15 bits per heavy atom. The lowest BCUT2D eigenvalue weighted by Crippen LogP contribution is -2.41. The lowest BCUT2D eigenvalue weighted by Gasteiger charge is -2.05. The maximum atomic E-state index is 11.6. The van der Waals surface area contributed by atoms with Crippen LogP contribution in [0.5, 0.6) is 0 Å². The SMILES string of the molecule is O=C([O-])/C=C/C(=O)NNC(=O)c1cccc([N+](=O)[O-])c1. The number of carboxylic acid groups (broad SMARTS) is 1. The summed E-state index contributed by atoms with van der Waals surface area (Å²) in [5, 5.41) is 20.6. The van der Waals surface area contributed by atoms with E-state index in [1.165, 1.54) is 18.2 Å². The fourth-order valence-corrected chi connectivity index (χ4v) is 1.14. The summed E-state index contributed by atoms with van der Waals surface area (Å²) >= 11 is 0. The summed E-state index contributed by atoms with van der Waals surface area (Å²) in [6, 6.07) is 4.85. The minimum atomic E-state index is -1.56. The zero-order chi connectivity index (χ0) is 15.1.